The van der Waals surface area contributed by atoms with Crippen molar-refractivity contribution in [2.75, 3.05) is 0 Å². The van der Waals surface area contributed by atoms with E-state index in [0.717, 1.165) is 0 Å². The molecule has 0 heterocycles. The van der Waals surface area contributed by atoms with E-state index in [2.05, 4.69) is 0 Å². The van der Waals surface area contributed by atoms with E-state index in [4.69, 9.17) is 0 Å². The zero-order valence-electron chi connectivity index (χ0n) is 33.1. The molecule has 0 fully saturated rings. The van der Waals surface area contributed by atoms with Crippen LogP contribution in [0.1, 0.15) is 38.9 Å². The van der Waals surface area contributed by atoms with Gasteiger partial charge < -0.3 is 51.1 Å². The van der Waals surface area contributed by atoms with Gasteiger partial charge in [0.2, 0.25) is 17.2 Å². The van der Waals surface area contributed by atoms with Gasteiger partial charge in [0.25, 0.3) is 0 Å². The first kappa shape index (κ1) is 37.8. The highest BCUT2D eigenvalue weighted by Crippen LogP contribution is 2.60. The number of phenolic OH excluding ortho intramolecular Hbond substituents is 10. The minimum Gasteiger partial charge on any atom is -0.507 e. The highest BCUT2D eigenvalue weighted by atomic mass is 16.3. The maximum Gasteiger partial charge on any atom is 0.204 e. The molecule has 0 atom stereocenters. The number of benzene rings is 8. The molecule has 0 aliphatic heterocycles. The number of phenols is 10. The van der Waals surface area contributed by atoms with E-state index in [1.54, 1.807) is 90.1 Å². The average Bonchev–Trinajstić information content (AvgIpc) is 3.21. The van der Waals surface area contributed by atoms with Crippen LogP contribution < -0.4 is 5.46 Å². The van der Waals surface area contributed by atoms with Crippen LogP contribution in [0.15, 0.2) is 48.5 Å². The molecule has 0 saturated heterocycles. The zero-order valence-corrected chi connectivity index (χ0v) is 33.1. The van der Waals surface area contributed by atoms with E-state index in [9.17, 15) is 51.1 Å². The van der Waals surface area contributed by atoms with E-state index in [0.29, 0.717) is 82.4 Å². The van der Waals surface area contributed by atoms with Crippen LogP contribution in [-0.2, 0) is 0 Å². The van der Waals surface area contributed by atoms with E-state index >= 15 is 0 Å². The number of hydrogen-bond acceptors (Lipinski definition) is 10. The molecule has 8 rings (SSSR count). The number of rotatable bonds is 3. The van der Waals surface area contributed by atoms with Crippen molar-refractivity contribution in [3.05, 3.63) is 87.5 Å². The Bertz CT molecular complexity index is 3120. The van der Waals surface area contributed by atoms with E-state index in [1.165, 1.54) is 7.85 Å². The molecule has 292 valence electrons. The zero-order chi connectivity index (χ0) is 42.1. The quantitative estimate of drug-likeness (QED) is 0.0358. The maximum atomic E-state index is 12.3. The molecule has 0 unspecified atom stereocenters. The molecular weight excluding hydrogens is 735 g/mol. The van der Waals surface area contributed by atoms with Crippen molar-refractivity contribution in [2.24, 2.45) is 0 Å². The number of aryl methyl sites for hydroxylation is 4. The highest BCUT2D eigenvalue weighted by Gasteiger charge is 2.33. The largest absolute Gasteiger partial charge is 0.507 e. The normalized spacial score (nSPS) is 11.8. The van der Waals surface area contributed by atoms with Gasteiger partial charge in [0.1, 0.15) is 25.1 Å². The fourth-order valence-electron chi connectivity index (χ4n) is 9.27. The first-order chi connectivity index (χ1) is 27.4. The van der Waals surface area contributed by atoms with Crippen molar-refractivity contribution < 1.29 is 51.1 Å². The standard InChI is InChI=1S/C47H41BO10/c1-16-17(2)31(40(51)30-18(3)19(4)38(49)20(5)27(16)30)35-29-22(7)39(50)21(6)28(34(29)41(52)45(56)42(35)53)32-23-12-8-10-14-25(23)33(26-15-11-9-13-24(26)32)36-37(48)44(55)47(58)46(57)43(36)54/h8-15,49-58H,48H2,1-7H3. The van der Waals surface area contributed by atoms with Crippen LogP contribution in [0, 0.1) is 48.5 Å². The van der Waals surface area contributed by atoms with Crippen LogP contribution in [0.5, 0.6) is 57.5 Å². The van der Waals surface area contributed by atoms with Gasteiger partial charge in [-0.15, -0.1) is 0 Å². The lowest BCUT2D eigenvalue weighted by atomic mass is 9.77. The Hall–Kier alpha value is -7.14. The fourth-order valence-corrected chi connectivity index (χ4v) is 9.27. The van der Waals surface area contributed by atoms with Crippen LogP contribution in [0.3, 0.4) is 0 Å². The third kappa shape index (κ3) is 4.67. The van der Waals surface area contributed by atoms with Crippen LogP contribution in [0.2, 0.25) is 0 Å². The van der Waals surface area contributed by atoms with Crippen LogP contribution in [0.4, 0.5) is 0 Å². The summed E-state index contributed by atoms with van der Waals surface area (Å²) in [6.45, 7) is 12.2. The molecule has 0 bridgehead atoms. The Morgan fingerprint density at radius 1 is 0.276 bits per heavy atom. The minimum atomic E-state index is -0.895. The van der Waals surface area contributed by atoms with Crippen LogP contribution in [0.25, 0.3) is 76.5 Å². The lowest BCUT2D eigenvalue weighted by Crippen LogP contribution is -2.09. The molecule has 0 aromatic heterocycles. The van der Waals surface area contributed by atoms with Crippen molar-refractivity contribution in [1.29, 1.82) is 0 Å². The minimum absolute atomic E-state index is 0.0250. The lowest BCUT2D eigenvalue weighted by Gasteiger charge is -2.26. The summed E-state index contributed by atoms with van der Waals surface area (Å²) in [6, 6.07) is 14.3. The molecule has 8 aromatic rings. The Kier molecular flexibility index (Phi) is 8.26. The molecule has 0 saturated carbocycles. The Balaban J connectivity index is 1.63. The van der Waals surface area contributed by atoms with Crippen molar-refractivity contribution >= 4 is 56.4 Å². The summed E-state index contributed by atoms with van der Waals surface area (Å²) in [4.78, 5) is 0. The Labute approximate surface area is 333 Å². The van der Waals surface area contributed by atoms with Gasteiger partial charge in [-0.25, -0.2) is 0 Å². The van der Waals surface area contributed by atoms with Gasteiger partial charge in [-0.05, 0) is 125 Å². The summed E-state index contributed by atoms with van der Waals surface area (Å²) >= 11 is 0. The van der Waals surface area contributed by atoms with E-state index < -0.39 is 40.2 Å². The van der Waals surface area contributed by atoms with Gasteiger partial charge in [0.05, 0.1) is 0 Å². The predicted molar refractivity (Wildman–Crippen MR) is 231 cm³/mol. The van der Waals surface area contributed by atoms with Gasteiger partial charge in [0, 0.05) is 44.0 Å². The first-order valence-corrected chi connectivity index (χ1v) is 18.6. The fraction of sp³-hybridized carbons (Fsp3) is 0.149. The predicted octanol–water partition coefficient (Wildman–Crippen LogP) is 8.77. The van der Waals surface area contributed by atoms with Gasteiger partial charge in [0.15, 0.2) is 23.0 Å². The van der Waals surface area contributed by atoms with Gasteiger partial charge in [-0.2, -0.15) is 0 Å². The second kappa shape index (κ2) is 12.7. The smallest absolute Gasteiger partial charge is 0.204 e. The molecule has 10 N–H and O–H groups in total. The number of fused-ring (bicyclic) bond motifs is 4. The summed E-state index contributed by atoms with van der Waals surface area (Å²) in [5.74, 6) is -5.54. The van der Waals surface area contributed by atoms with Crippen molar-refractivity contribution in [3.63, 3.8) is 0 Å². The van der Waals surface area contributed by atoms with E-state index in [-0.39, 0.29) is 55.7 Å². The van der Waals surface area contributed by atoms with E-state index in [1.807, 2.05) is 6.92 Å². The third-order valence-electron chi connectivity index (χ3n) is 12.5. The summed E-state index contributed by atoms with van der Waals surface area (Å²) in [6.07, 6.45) is 0. The molecular formula is C47H41BO10. The summed E-state index contributed by atoms with van der Waals surface area (Å²) in [5, 5.41) is 118. The second-order valence-corrected chi connectivity index (χ2v) is 15.3. The monoisotopic (exact) mass is 776 g/mol. The van der Waals surface area contributed by atoms with Crippen molar-refractivity contribution in [2.45, 2.75) is 48.5 Å². The second-order valence-electron chi connectivity index (χ2n) is 15.3. The molecule has 0 spiro atoms. The summed E-state index contributed by atoms with van der Waals surface area (Å²) in [5.41, 5.74) is 5.06. The third-order valence-corrected chi connectivity index (χ3v) is 12.5. The highest BCUT2D eigenvalue weighted by molar-refractivity contribution is 6.41. The number of hydrogen-bond donors (Lipinski definition) is 10. The topological polar surface area (TPSA) is 202 Å². The van der Waals surface area contributed by atoms with Crippen molar-refractivity contribution in [1.82, 2.24) is 0 Å². The van der Waals surface area contributed by atoms with Gasteiger partial charge in [-0.1, -0.05) is 48.5 Å². The lowest BCUT2D eigenvalue weighted by molar-refractivity contribution is 0.348. The molecule has 11 heteroatoms. The molecule has 10 nitrogen and oxygen atoms in total. The average molecular weight is 777 g/mol. The molecule has 0 amide bonds. The van der Waals surface area contributed by atoms with Crippen LogP contribution in [-0.4, -0.2) is 58.9 Å². The maximum absolute atomic E-state index is 12.3. The first-order valence-electron chi connectivity index (χ1n) is 18.6. The van der Waals surface area contributed by atoms with Gasteiger partial charge >= 0.3 is 0 Å². The van der Waals surface area contributed by atoms with Crippen LogP contribution >= 0.6 is 0 Å². The Morgan fingerprint density at radius 2 is 0.690 bits per heavy atom. The Morgan fingerprint density at radius 3 is 1.22 bits per heavy atom. The molecule has 8 aromatic carbocycles. The summed E-state index contributed by atoms with van der Waals surface area (Å²) < 4.78 is 0. The molecule has 58 heavy (non-hydrogen) atoms. The SMILES string of the molecule is Bc1c(O)c(O)c(O)c(O)c1-c1c2ccccc2c(-c2c(C)c(O)c(C)c3c(-c4c(C)c(C)c5c(C)c(O)c(C)c(C)c5c4O)c(O)c(O)c(O)c23)c2ccccc12. The van der Waals surface area contributed by atoms with Gasteiger partial charge in [-0.3, -0.25) is 0 Å². The molecule has 0 aliphatic carbocycles. The van der Waals surface area contributed by atoms with Crippen molar-refractivity contribution in [3.8, 4) is 90.9 Å². The molecule has 0 radical (unpaired) electrons. The summed E-state index contributed by atoms with van der Waals surface area (Å²) in [7, 11) is 1.50. The molecule has 0 aliphatic rings. The number of aromatic hydroxyl groups is 10.